The molecule has 0 bridgehead atoms. The maximum absolute atomic E-state index is 12.1. The summed E-state index contributed by atoms with van der Waals surface area (Å²) in [6.45, 7) is 0. The van der Waals surface area contributed by atoms with Gasteiger partial charge in [0.1, 0.15) is 11.3 Å². The fourth-order valence-electron chi connectivity index (χ4n) is 1.36. The summed E-state index contributed by atoms with van der Waals surface area (Å²) >= 11 is 9.00. The third kappa shape index (κ3) is 3.09. The van der Waals surface area contributed by atoms with Crippen molar-refractivity contribution in [2.45, 2.75) is 0 Å². The average Bonchev–Trinajstić information content (AvgIpc) is 2.41. The highest BCUT2D eigenvalue weighted by Crippen LogP contribution is 2.23. The lowest BCUT2D eigenvalue weighted by molar-refractivity contribution is -0.385. The van der Waals surface area contributed by atoms with Gasteiger partial charge >= 0.3 is 0 Å². The Morgan fingerprint density at radius 3 is 2.85 bits per heavy atom. The number of halogens is 2. The second kappa shape index (κ2) is 5.93. The smallest absolute Gasteiger partial charge is 0.288 e. The second-order valence-corrected chi connectivity index (χ2v) is 4.81. The highest BCUT2D eigenvalue weighted by atomic mass is 79.9. The molecule has 1 amide bonds. The molecular formula is C11H6BrClN4O3. The Bertz CT molecular complexity index is 695. The number of carbonyl (C=O) groups is 1. The highest BCUT2D eigenvalue weighted by molar-refractivity contribution is 9.10. The second-order valence-electron chi connectivity index (χ2n) is 3.60. The maximum Gasteiger partial charge on any atom is 0.288 e. The van der Waals surface area contributed by atoms with E-state index in [9.17, 15) is 14.9 Å². The van der Waals surface area contributed by atoms with Crippen LogP contribution in [0.3, 0.4) is 0 Å². The number of nitrogens with zero attached hydrogens (tertiary/aromatic N) is 3. The van der Waals surface area contributed by atoms with Gasteiger partial charge in [0.25, 0.3) is 11.6 Å². The van der Waals surface area contributed by atoms with E-state index in [1.807, 2.05) is 0 Å². The van der Waals surface area contributed by atoms with E-state index < -0.39 is 10.8 Å². The van der Waals surface area contributed by atoms with E-state index in [0.717, 1.165) is 12.3 Å². The number of hydrogen-bond donors (Lipinski definition) is 1. The average molecular weight is 358 g/mol. The van der Waals surface area contributed by atoms with Gasteiger partial charge in [-0.3, -0.25) is 19.9 Å². The molecule has 2 heterocycles. The molecular weight excluding hydrogens is 352 g/mol. The molecule has 0 fully saturated rings. The lowest BCUT2D eigenvalue weighted by Crippen LogP contribution is -2.14. The van der Waals surface area contributed by atoms with Gasteiger partial charge in [0.2, 0.25) is 0 Å². The summed E-state index contributed by atoms with van der Waals surface area (Å²) in [5.41, 5.74) is 0.0745. The number of pyridine rings is 2. The molecule has 0 unspecified atom stereocenters. The van der Waals surface area contributed by atoms with Crippen molar-refractivity contribution in [2.75, 3.05) is 5.32 Å². The molecule has 2 rings (SSSR count). The standard InChI is InChI=1S/C11H6BrClN4O3/c12-8-5-14-2-1-9(8)16-11(18)7-3-6(17(19)20)4-15-10(7)13/h1-5H,(H,14,16,18). The zero-order chi connectivity index (χ0) is 14.7. The van der Waals surface area contributed by atoms with E-state index in [-0.39, 0.29) is 16.4 Å². The summed E-state index contributed by atoms with van der Waals surface area (Å²) < 4.78 is 0.572. The Kier molecular flexibility index (Phi) is 4.26. The van der Waals surface area contributed by atoms with Gasteiger partial charge < -0.3 is 5.32 Å². The summed E-state index contributed by atoms with van der Waals surface area (Å²) in [4.78, 5) is 29.6. The van der Waals surface area contributed by atoms with Crippen LogP contribution in [0.5, 0.6) is 0 Å². The Balaban J connectivity index is 2.32. The highest BCUT2D eigenvalue weighted by Gasteiger charge is 2.17. The lowest BCUT2D eigenvalue weighted by Gasteiger charge is -2.07. The first-order valence-electron chi connectivity index (χ1n) is 5.20. The van der Waals surface area contributed by atoms with Crippen molar-refractivity contribution in [3.63, 3.8) is 0 Å². The lowest BCUT2D eigenvalue weighted by atomic mass is 10.2. The summed E-state index contributed by atoms with van der Waals surface area (Å²) in [5.74, 6) is -0.599. The van der Waals surface area contributed by atoms with Gasteiger partial charge in [0, 0.05) is 18.5 Å². The number of amides is 1. The van der Waals surface area contributed by atoms with Crippen LogP contribution in [0.4, 0.5) is 11.4 Å². The van der Waals surface area contributed by atoms with Crippen molar-refractivity contribution in [3.8, 4) is 0 Å². The van der Waals surface area contributed by atoms with Crippen LogP contribution in [0.25, 0.3) is 0 Å². The minimum Gasteiger partial charge on any atom is -0.321 e. The van der Waals surface area contributed by atoms with Crippen LogP contribution in [0.2, 0.25) is 5.15 Å². The molecule has 0 saturated carbocycles. The first-order chi connectivity index (χ1) is 9.49. The zero-order valence-corrected chi connectivity index (χ0v) is 12.1. The summed E-state index contributed by atoms with van der Waals surface area (Å²) in [7, 11) is 0. The fourth-order valence-corrected chi connectivity index (χ4v) is 1.90. The van der Waals surface area contributed by atoms with Gasteiger partial charge in [-0.25, -0.2) is 4.98 Å². The summed E-state index contributed by atoms with van der Waals surface area (Å²) in [5, 5.41) is 13.1. The quantitative estimate of drug-likeness (QED) is 0.517. The molecule has 7 nitrogen and oxygen atoms in total. The van der Waals surface area contributed by atoms with Gasteiger partial charge in [-0.1, -0.05) is 11.6 Å². The van der Waals surface area contributed by atoms with Gasteiger partial charge in [-0.2, -0.15) is 0 Å². The van der Waals surface area contributed by atoms with E-state index in [4.69, 9.17) is 11.6 Å². The molecule has 0 aliphatic rings. The van der Waals surface area contributed by atoms with Crippen molar-refractivity contribution in [3.05, 3.63) is 56.0 Å². The van der Waals surface area contributed by atoms with E-state index >= 15 is 0 Å². The molecule has 0 aromatic carbocycles. The predicted octanol–water partition coefficient (Wildman–Crippen LogP) is 3.05. The largest absolute Gasteiger partial charge is 0.321 e. The van der Waals surface area contributed by atoms with Crippen LogP contribution in [-0.4, -0.2) is 20.8 Å². The molecule has 2 aromatic rings. The van der Waals surface area contributed by atoms with Gasteiger partial charge in [0.15, 0.2) is 0 Å². The maximum atomic E-state index is 12.1. The number of carbonyl (C=O) groups excluding carboxylic acids is 1. The van der Waals surface area contributed by atoms with E-state index in [1.54, 1.807) is 6.07 Å². The molecule has 0 spiro atoms. The van der Waals surface area contributed by atoms with Crippen molar-refractivity contribution < 1.29 is 9.72 Å². The van der Waals surface area contributed by atoms with E-state index in [1.165, 1.54) is 12.4 Å². The van der Waals surface area contributed by atoms with Crippen molar-refractivity contribution in [1.29, 1.82) is 0 Å². The number of nitrogens with one attached hydrogen (secondary N) is 1. The minimum atomic E-state index is -0.650. The molecule has 1 N–H and O–H groups in total. The molecule has 0 radical (unpaired) electrons. The van der Waals surface area contributed by atoms with Crippen LogP contribution in [-0.2, 0) is 0 Å². The van der Waals surface area contributed by atoms with Gasteiger partial charge in [-0.05, 0) is 22.0 Å². The molecule has 20 heavy (non-hydrogen) atoms. The molecule has 0 atom stereocenters. The van der Waals surface area contributed by atoms with Gasteiger partial charge in [-0.15, -0.1) is 0 Å². The van der Waals surface area contributed by atoms with Crippen LogP contribution >= 0.6 is 27.5 Å². The third-order valence-electron chi connectivity index (χ3n) is 2.30. The number of rotatable bonds is 3. The predicted molar refractivity (Wildman–Crippen MR) is 75.8 cm³/mol. The first kappa shape index (κ1) is 14.4. The molecule has 9 heteroatoms. The van der Waals surface area contributed by atoms with E-state index in [2.05, 4.69) is 31.2 Å². The number of anilines is 1. The molecule has 2 aromatic heterocycles. The minimum absolute atomic E-state index is 0.0791. The summed E-state index contributed by atoms with van der Waals surface area (Å²) in [6, 6.07) is 2.64. The number of hydrogen-bond acceptors (Lipinski definition) is 5. The van der Waals surface area contributed by atoms with Crippen molar-refractivity contribution in [2.24, 2.45) is 0 Å². The Labute approximate surface area is 126 Å². The Hall–Kier alpha value is -2.06. The van der Waals surface area contributed by atoms with Gasteiger partial charge in [0.05, 0.1) is 20.6 Å². The summed E-state index contributed by atoms with van der Waals surface area (Å²) in [6.07, 6.45) is 3.98. The number of aromatic nitrogens is 2. The third-order valence-corrected chi connectivity index (χ3v) is 3.23. The van der Waals surface area contributed by atoms with E-state index in [0.29, 0.717) is 10.2 Å². The Morgan fingerprint density at radius 2 is 2.20 bits per heavy atom. The molecule has 0 saturated heterocycles. The number of nitro groups is 1. The zero-order valence-electron chi connectivity index (χ0n) is 9.71. The molecule has 0 aliphatic heterocycles. The fraction of sp³-hybridized carbons (Fsp3) is 0. The monoisotopic (exact) mass is 356 g/mol. The normalized spacial score (nSPS) is 10.1. The molecule has 102 valence electrons. The Morgan fingerprint density at radius 1 is 1.45 bits per heavy atom. The van der Waals surface area contributed by atoms with Crippen LogP contribution in [0.15, 0.2) is 35.2 Å². The van der Waals surface area contributed by atoms with Crippen LogP contribution in [0.1, 0.15) is 10.4 Å². The van der Waals surface area contributed by atoms with Crippen LogP contribution in [0, 0.1) is 10.1 Å². The van der Waals surface area contributed by atoms with Crippen molar-refractivity contribution in [1.82, 2.24) is 9.97 Å². The first-order valence-corrected chi connectivity index (χ1v) is 6.37. The topological polar surface area (TPSA) is 98.0 Å². The SMILES string of the molecule is O=C(Nc1ccncc1Br)c1cc([N+](=O)[O-])cnc1Cl. The van der Waals surface area contributed by atoms with Crippen LogP contribution < -0.4 is 5.32 Å². The van der Waals surface area contributed by atoms with Crippen molar-refractivity contribution >= 4 is 44.8 Å². The molecule has 0 aliphatic carbocycles.